The van der Waals surface area contributed by atoms with Crippen LogP contribution in [0.2, 0.25) is 0 Å². The van der Waals surface area contributed by atoms with E-state index in [9.17, 15) is 14.7 Å². The van der Waals surface area contributed by atoms with E-state index in [0.29, 0.717) is 17.9 Å². The van der Waals surface area contributed by atoms with Crippen molar-refractivity contribution in [3.8, 4) is 23.0 Å². The number of esters is 2. The van der Waals surface area contributed by atoms with E-state index in [4.69, 9.17) is 14.2 Å². The number of unbranched alkanes of at least 4 members (excludes halogenated alkanes) is 2. The lowest BCUT2D eigenvalue weighted by Gasteiger charge is -2.13. The second-order valence-corrected chi connectivity index (χ2v) is 8.05. The summed E-state index contributed by atoms with van der Waals surface area (Å²) in [6, 6.07) is 23.3. The molecule has 0 bridgehead atoms. The number of benzene rings is 4. The maximum atomic E-state index is 12.9. The molecule has 0 spiro atoms. The largest absolute Gasteiger partial charge is 0.508 e. The van der Waals surface area contributed by atoms with Crippen LogP contribution in [0, 0.1) is 0 Å². The number of hydrogen-bond acceptors (Lipinski definition) is 6. The van der Waals surface area contributed by atoms with E-state index >= 15 is 0 Å². The van der Waals surface area contributed by atoms with Crippen LogP contribution in [0.3, 0.4) is 0 Å². The Morgan fingerprint density at radius 2 is 1.23 bits per heavy atom. The highest BCUT2D eigenvalue weighted by molar-refractivity contribution is 5.95. The zero-order valence-corrected chi connectivity index (χ0v) is 19.4. The first-order valence-electron chi connectivity index (χ1n) is 11.5. The highest BCUT2D eigenvalue weighted by Crippen LogP contribution is 2.34. The molecule has 0 amide bonds. The zero-order valence-electron chi connectivity index (χ0n) is 19.4. The van der Waals surface area contributed by atoms with Gasteiger partial charge in [0.05, 0.1) is 17.7 Å². The van der Waals surface area contributed by atoms with Crippen LogP contribution in [0.25, 0.3) is 10.8 Å². The molecule has 4 aromatic rings. The summed E-state index contributed by atoms with van der Waals surface area (Å²) < 4.78 is 16.9. The van der Waals surface area contributed by atoms with Gasteiger partial charge in [0.1, 0.15) is 11.5 Å². The van der Waals surface area contributed by atoms with Crippen LogP contribution in [0.1, 0.15) is 46.9 Å². The topological polar surface area (TPSA) is 82.1 Å². The maximum Gasteiger partial charge on any atom is 0.343 e. The monoisotopic (exact) mass is 470 g/mol. The normalized spacial score (nSPS) is 10.7. The van der Waals surface area contributed by atoms with Crippen LogP contribution in [0.5, 0.6) is 23.0 Å². The van der Waals surface area contributed by atoms with E-state index in [1.54, 1.807) is 36.4 Å². The van der Waals surface area contributed by atoms with Crippen LogP contribution in [0.4, 0.5) is 0 Å². The number of carbonyl (C=O) groups excluding carboxylic acids is 2. The van der Waals surface area contributed by atoms with Crippen LogP contribution in [0.15, 0.2) is 84.9 Å². The smallest absolute Gasteiger partial charge is 0.343 e. The molecule has 0 unspecified atom stereocenters. The molecule has 0 saturated carbocycles. The molecular weight excluding hydrogens is 444 g/mol. The van der Waals surface area contributed by atoms with E-state index in [2.05, 4.69) is 6.92 Å². The van der Waals surface area contributed by atoms with Crippen LogP contribution in [-0.4, -0.2) is 23.7 Å². The average molecular weight is 471 g/mol. The second-order valence-electron chi connectivity index (χ2n) is 8.05. The number of fused-ring (bicyclic) bond motifs is 1. The molecule has 0 atom stereocenters. The molecule has 0 fully saturated rings. The van der Waals surface area contributed by atoms with Gasteiger partial charge in [-0.1, -0.05) is 44.0 Å². The Kier molecular flexibility index (Phi) is 7.63. The number of carbonyl (C=O) groups is 2. The summed E-state index contributed by atoms with van der Waals surface area (Å²) in [6.45, 7) is 2.76. The number of phenolic OH excluding ortho intramolecular Hbond substituents is 1. The summed E-state index contributed by atoms with van der Waals surface area (Å²) in [5, 5.41) is 11.1. The average Bonchev–Trinajstić information content (AvgIpc) is 2.87. The predicted molar refractivity (Wildman–Crippen MR) is 133 cm³/mol. The number of rotatable bonds is 9. The van der Waals surface area contributed by atoms with Gasteiger partial charge >= 0.3 is 11.9 Å². The van der Waals surface area contributed by atoms with Crippen molar-refractivity contribution in [2.75, 3.05) is 6.61 Å². The Balaban J connectivity index is 1.54. The van der Waals surface area contributed by atoms with Crippen molar-refractivity contribution in [1.82, 2.24) is 0 Å². The molecule has 35 heavy (non-hydrogen) atoms. The van der Waals surface area contributed by atoms with Crippen molar-refractivity contribution in [1.29, 1.82) is 0 Å². The minimum Gasteiger partial charge on any atom is -0.508 e. The van der Waals surface area contributed by atoms with E-state index in [0.717, 1.165) is 30.0 Å². The second kappa shape index (κ2) is 11.2. The Hall–Kier alpha value is -4.32. The lowest BCUT2D eigenvalue weighted by atomic mass is 10.1. The molecule has 6 nitrogen and oxygen atoms in total. The number of aromatic hydroxyl groups is 1. The van der Waals surface area contributed by atoms with Gasteiger partial charge < -0.3 is 19.3 Å². The first kappa shape index (κ1) is 23.8. The van der Waals surface area contributed by atoms with Gasteiger partial charge in [0.2, 0.25) is 0 Å². The van der Waals surface area contributed by atoms with E-state index in [1.807, 2.05) is 24.3 Å². The first-order chi connectivity index (χ1) is 17.0. The van der Waals surface area contributed by atoms with Crippen molar-refractivity contribution in [3.63, 3.8) is 0 Å². The molecule has 1 N–H and O–H groups in total. The van der Waals surface area contributed by atoms with Gasteiger partial charge in [-0.05, 0) is 77.9 Å². The minimum absolute atomic E-state index is 0.0410. The fourth-order valence-electron chi connectivity index (χ4n) is 3.50. The summed E-state index contributed by atoms with van der Waals surface area (Å²) in [4.78, 5) is 25.6. The molecule has 178 valence electrons. The van der Waals surface area contributed by atoms with Crippen molar-refractivity contribution in [2.24, 2.45) is 0 Å². The maximum absolute atomic E-state index is 12.9. The summed E-state index contributed by atoms with van der Waals surface area (Å²) in [5.41, 5.74) is 0.595. The van der Waals surface area contributed by atoms with Gasteiger partial charge in [-0.3, -0.25) is 0 Å². The van der Waals surface area contributed by atoms with Gasteiger partial charge in [0, 0.05) is 0 Å². The molecular formula is C29H26O6. The number of hydrogen-bond donors (Lipinski definition) is 1. The minimum atomic E-state index is -0.637. The van der Waals surface area contributed by atoms with Crippen LogP contribution in [-0.2, 0) is 0 Å². The van der Waals surface area contributed by atoms with Crippen molar-refractivity contribution >= 4 is 22.7 Å². The Bertz CT molecular complexity index is 1310. The third-order valence-corrected chi connectivity index (χ3v) is 5.43. The summed E-state index contributed by atoms with van der Waals surface area (Å²) in [7, 11) is 0. The molecule has 0 aromatic heterocycles. The van der Waals surface area contributed by atoms with Gasteiger partial charge in [0.15, 0.2) is 11.5 Å². The standard InChI is InChI=1S/C29H26O6/c1-2-3-6-17-33-25-15-11-21(12-16-25)29(32)35-27-19-23-8-5-4-7-22(23)18-26(27)34-28(31)20-9-13-24(30)14-10-20/h4-5,7-16,18-19,30H,2-3,6,17H2,1H3. The van der Waals surface area contributed by atoms with Gasteiger partial charge in [0.25, 0.3) is 0 Å². The quantitative estimate of drug-likeness (QED) is 0.170. The fraction of sp³-hybridized carbons (Fsp3) is 0.172. The SMILES string of the molecule is CCCCCOc1ccc(C(=O)Oc2cc3ccccc3cc2OC(=O)c2ccc(O)cc2)cc1. The Morgan fingerprint density at radius 3 is 1.74 bits per heavy atom. The lowest BCUT2D eigenvalue weighted by molar-refractivity contribution is 0.0682. The molecule has 6 heteroatoms. The van der Waals surface area contributed by atoms with E-state index in [1.165, 1.54) is 24.3 Å². The highest BCUT2D eigenvalue weighted by atomic mass is 16.6. The molecule has 0 heterocycles. The molecule has 0 radical (unpaired) electrons. The van der Waals surface area contributed by atoms with Gasteiger partial charge in [-0.2, -0.15) is 0 Å². The van der Waals surface area contributed by atoms with Crippen LogP contribution < -0.4 is 14.2 Å². The third kappa shape index (κ3) is 6.18. The Labute approximate surface area is 203 Å². The van der Waals surface area contributed by atoms with Crippen molar-refractivity contribution < 1.29 is 28.9 Å². The van der Waals surface area contributed by atoms with Crippen molar-refractivity contribution in [3.05, 3.63) is 96.1 Å². The molecule has 0 aliphatic heterocycles. The molecule has 4 rings (SSSR count). The zero-order chi connectivity index (χ0) is 24.6. The van der Waals surface area contributed by atoms with E-state index < -0.39 is 11.9 Å². The molecule has 0 aliphatic rings. The molecule has 0 saturated heterocycles. The van der Waals surface area contributed by atoms with Gasteiger partial charge in [-0.25, -0.2) is 9.59 Å². The Morgan fingerprint density at radius 1 is 0.714 bits per heavy atom. The lowest BCUT2D eigenvalue weighted by Crippen LogP contribution is -2.12. The first-order valence-corrected chi connectivity index (χ1v) is 11.5. The molecule has 0 aliphatic carbocycles. The molecule has 4 aromatic carbocycles. The summed E-state index contributed by atoms with van der Waals surface area (Å²) in [6.07, 6.45) is 3.21. The third-order valence-electron chi connectivity index (χ3n) is 5.43. The van der Waals surface area contributed by atoms with Gasteiger partial charge in [-0.15, -0.1) is 0 Å². The predicted octanol–water partition coefficient (Wildman–Crippen LogP) is 6.55. The summed E-state index contributed by atoms with van der Waals surface area (Å²) in [5.74, 6) is -0.250. The number of phenols is 1. The summed E-state index contributed by atoms with van der Waals surface area (Å²) >= 11 is 0. The van der Waals surface area contributed by atoms with Crippen molar-refractivity contribution in [2.45, 2.75) is 26.2 Å². The highest BCUT2D eigenvalue weighted by Gasteiger charge is 2.18. The van der Waals surface area contributed by atoms with Crippen LogP contribution >= 0.6 is 0 Å². The number of ether oxygens (including phenoxy) is 3. The fourth-order valence-corrected chi connectivity index (χ4v) is 3.50. The van der Waals surface area contributed by atoms with E-state index in [-0.39, 0.29) is 22.8 Å².